The van der Waals surface area contributed by atoms with Gasteiger partial charge in [-0.2, -0.15) is 0 Å². The van der Waals surface area contributed by atoms with E-state index in [1.807, 2.05) is 18.2 Å². The van der Waals surface area contributed by atoms with Gasteiger partial charge >= 0.3 is 0 Å². The molecule has 1 aliphatic carbocycles. The summed E-state index contributed by atoms with van der Waals surface area (Å²) >= 11 is 0. The SMILES string of the molecule is CC1(C)c2ccccc2-c2cccc(-c3nc(-c4cccc(-c5ccccc5)c4)nc(-c4ccc5c(c4)oc4cccc(-c6ccc(-c7ccccc7)cc6)c45)n3)c21. The first-order chi connectivity index (χ1) is 28.5. The van der Waals surface area contributed by atoms with E-state index in [0.717, 1.165) is 60.9 Å². The second-order valence-electron chi connectivity index (χ2n) is 15.6. The van der Waals surface area contributed by atoms with Crippen LogP contribution in [0.1, 0.15) is 25.0 Å². The normalized spacial score (nSPS) is 12.8. The molecule has 0 spiro atoms. The molecule has 0 N–H and O–H groups in total. The Morgan fingerprint density at radius 2 is 0.879 bits per heavy atom. The Labute approximate surface area is 337 Å². The summed E-state index contributed by atoms with van der Waals surface area (Å²) in [6.45, 7) is 4.60. The lowest BCUT2D eigenvalue weighted by Gasteiger charge is -2.24. The van der Waals surface area contributed by atoms with Crippen molar-refractivity contribution in [1.82, 2.24) is 15.0 Å². The molecule has 8 aromatic carbocycles. The van der Waals surface area contributed by atoms with Crippen molar-refractivity contribution < 1.29 is 4.42 Å². The van der Waals surface area contributed by atoms with Gasteiger partial charge in [-0.25, -0.2) is 15.0 Å². The minimum Gasteiger partial charge on any atom is -0.456 e. The Kier molecular flexibility index (Phi) is 7.80. The Hall–Kier alpha value is -7.43. The van der Waals surface area contributed by atoms with Gasteiger partial charge in [0.1, 0.15) is 11.2 Å². The smallest absolute Gasteiger partial charge is 0.164 e. The lowest BCUT2D eigenvalue weighted by atomic mass is 9.80. The molecule has 0 unspecified atom stereocenters. The molecule has 0 radical (unpaired) electrons. The predicted octanol–water partition coefficient (Wildman–Crippen LogP) is 14.1. The number of nitrogens with zero attached hydrogens (tertiary/aromatic N) is 3. The first-order valence-electron chi connectivity index (χ1n) is 19.8. The summed E-state index contributed by atoms with van der Waals surface area (Å²) in [5.41, 5.74) is 16.1. The molecule has 0 amide bonds. The van der Waals surface area contributed by atoms with E-state index in [1.54, 1.807) is 0 Å². The van der Waals surface area contributed by atoms with E-state index in [9.17, 15) is 0 Å². The molecule has 1 aliphatic rings. The predicted molar refractivity (Wildman–Crippen MR) is 237 cm³/mol. The largest absolute Gasteiger partial charge is 0.456 e. The van der Waals surface area contributed by atoms with Crippen molar-refractivity contribution >= 4 is 21.9 Å². The molecule has 0 saturated heterocycles. The lowest BCUT2D eigenvalue weighted by Crippen LogP contribution is -2.17. The van der Waals surface area contributed by atoms with Gasteiger partial charge in [0.15, 0.2) is 17.5 Å². The van der Waals surface area contributed by atoms with Crippen molar-refractivity contribution in [2.45, 2.75) is 19.3 Å². The molecule has 0 atom stereocenters. The topological polar surface area (TPSA) is 51.8 Å². The van der Waals surface area contributed by atoms with Crippen molar-refractivity contribution in [3.63, 3.8) is 0 Å². The Bertz CT molecular complexity index is 3180. The van der Waals surface area contributed by atoms with E-state index in [1.165, 1.54) is 33.4 Å². The summed E-state index contributed by atoms with van der Waals surface area (Å²) in [5.74, 6) is 1.86. The Balaban J connectivity index is 1.06. The Morgan fingerprint density at radius 1 is 0.362 bits per heavy atom. The first kappa shape index (κ1) is 33.9. The van der Waals surface area contributed by atoms with E-state index in [2.05, 4.69) is 184 Å². The molecule has 58 heavy (non-hydrogen) atoms. The fraction of sp³-hybridized carbons (Fsp3) is 0.0556. The molecule has 0 bridgehead atoms. The maximum absolute atomic E-state index is 6.62. The highest BCUT2D eigenvalue weighted by Crippen LogP contribution is 2.52. The quantitative estimate of drug-likeness (QED) is 0.170. The van der Waals surface area contributed by atoms with Crippen molar-refractivity contribution in [1.29, 1.82) is 0 Å². The molecule has 10 aromatic rings. The highest BCUT2D eigenvalue weighted by atomic mass is 16.3. The van der Waals surface area contributed by atoms with Gasteiger partial charge in [0.25, 0.3) is 0 Å². The van der Waals surface area contributed by atoms with Gasteiger partial charge in [0.05, 0.1) is 0 Å². The fourth-order valence-electron chi connectivity index (χ4n) is 8.94. The molecule has 2 aromatic heterocycles. The maximum Gasteiger partial charge on any atom is 0.164 e. The molecule has 4 heteroatoms. The zero-order valence-electron chi connectivity index (χ0n) is 32.1. The van der Waals surface area contributed by atoms with E-state index < -0.39 is 0 Å². The van der Waals surface area contributed by atoms with Gasteiger partial charge in [-0.15, -0.1) is 0 Å². The maximum atomic E-state index is 6.62. The van der Waals surface area contributed by atoms with Gasteiger partial charge in [-0.1, -0.05) is 178 Å². The highest BCUT2D eigenvalue weighted by molar-refractivity contribution is 6.13. The number of fused-ring (bicyclic) bond motifs is 6. The molecule has 274 valence electrons. The van der Waals surface area contributed by atoms with Crippen LogP contribution in [0.3, 0.4) is 0 Å². The zero-order valence-corrected chi connectivity index (χ0v) is 32.1. The van der Waals surface area contributed by atoms with Crippen LogP contribution in [0.4, 0.5) is 0 Å². The van der Waals surface area contributed by atoms with Crippen LogP contribution in [0.25, 0.3) is 101 Å². The second kappa shape index (κ2) is 13.4. The van der Waals surface area contributed by atoms with Gasteiger partial charge in [-0.3, -0.25) is 0 Å². The molecule has 11 rings (SSSR count). The van der Waals surface area contributed by atoms with Gasteiger partial charge in [-0.05, 0) is 79.9 Å². The third-order valence-corrected chi connectivity index (χ3v) is 11.7. The van der Waals surface area contributed by atoms with Crippen LogP contribution in [0, 0.1) is 0 Å². The van der Waals surface area contributed by atoms with Crippen LogP contribution in [-0.4, -0.2) is 15.0 Å². The molecular formula is C54H37N3O. The molecule has 0 saturated carbocycles. The van der Waals surface area contributed by atoms with E-state index in [0.29, 0.717) is 17.5 Å². The molecule has 0 fully saturated rings. The summed E-state index contributed by atoms with van der Waals surface area (Å²) in [6, 6.07) is 66.0. The third-order valence-electron chi connectivity index (χ3n) is 11.7. The summed E-state index contributed by atoms with van der Waals surface area (Å²) in [7, 11) is 0. The second-order valence-corrected chi connectivity index (χ2v) is 15.6. The number of hydrogen-bond acceptors (Lipinski definition) is 4. The van der Waals surface area contributed by atoms with E-state index in [-0.39, 0.29) is 5.41 Å². The fourth-order valence-corrected chi connectivity index (χ4v) is 8.94. The summed E-state index contributed by atoms with van der Waals surface area (Å²) < 4.78 is 6.62. The van der Waals surface area contributed by atoms with E-state index >= 15 is 0 Å². The standard InChI is InChI=1S/C54H37N3O/c1-54(2)46-24-10-9-20-42(46)43-22-12-23-45(50(43)54)53-56-51(39-19-11-18-38(32-39)35-16-7-4-8-17-35)55-52(57-53)40-30-31-44-48(33-40)58-47-25-13-21-41(49(44)47)37-28-26-36(27-29-37)34-14-5-3-6-15-34/h3-33H,1-2H3. The summed E-state index contributed by atoms with van der Waals surface area (Å²) in [4.78, 5) is 15.7. The Morgan fingerprint density at radius 3 is 1.66 bits per heavy atom. The molecule has 0 aliphatic heterocycles. The third kappa shape index (κ3) is 5.56. The number of benzene rings is 8. The summed E-state index contributed by atoms with van der Waals surface area (Å²) in [5, 5.41) is 2.14. The highest BCUT2D eigenvalue weighted by Gasteiger charge is 2.38. The van der Waals surface area contributed by atoms with Crippen molar-refractivity contribution in [2.75, 3.05) is 0 Å². The number of hydrogen-bond donors (Lipinski definition) is 0. The van der Waals surface area contributed by atoms with Gasteiger partial charge < -0.3 is 4.42 Å². The lowest BCUT2D eigenvalue weighted by molar-refractivity contribution is 0.661. The minimum atomic E-state index is -0.241. The number of rotatable bonds is 6. The van der Waals surface area contributed by atoms with Crippen molar-refractivity contribution in [3.05, 3.63) is 199 Å². The average molecular weight is 744 g/mol. The van der Waals surface area contributed by atoms with Gasteiger partial charge in [0.2, 0.25) is 0 Å². The molecule has 4 nitrogen and oxygen atoms in total. The monoisotopic (exact) mass is 743 g/mol. The molecular weight excluding hydrogens is 707 g/mol. The van der Waals surface area contributed by atoms with Crippen LogP contribution in [0.2, 0.25) is 0 Å². The molecule has 2 heterocycles. The van der Waals surface area contributed by atoms with Crippen LogP contribution in [-0.2, 0) is 5.41 Å². The number of furan rings is 1. The first-order valence-corrected chi connectivity index (χ1v) is 19.8. The van der Waals surface area contributed by atoms with Gasteiger partial charge in [0, 0.05) is 32.9 Å². The van der Waals surface area contributed by atoms with Crippen LogP contribution < -0.4 is 0 Å². The van der Waals surface area contributed by atoms with Crippen molar-refractivity contribution in [2.24, 2.45) is 0 Å². The van der Waals surface area contributed by atoms with Crippen molar-refractivity contribution in [3.8, 4) is 78.7 Å². The van der Waals surface area contributed by atoms with Crippen LogP contribution in [0.5, 0.6) is 0 Å². The summed E-state index contributed by atoms with van der Waals surface area (Å²) in [6.07, 6.45) is 0. The van der Waals surface area contributed by atoms with Crippen LogP contribution in [0.15, 0.2) is 192 Å². The average Bonchev–Trinajstić information content (AvgIpc) is 3.78. The van der Waals surface area contributed by atoms with E-state index in [4.69, 9.17) is 19.4 Å². The number of aromatic nitrogens is 3. The minimum absolute atomic E-state index is 0.241. The zero-order chi connectivity index (χ0) is 38.8. The van der Waals surface area contributed by atoms with Crippen LogP contribution >= 0.6 is 0 Å².